The highest BCUT2D eigenvalue weighted by Crippen LogP contribution is 2.20. The Labute approximate surface area is 162 Å². The van der Waals surface area contributed by atoms with Gasteiger partial charge in [0, 0.05) is 17.4 Å². The Balaban J connectivity index is 1.86. The summed E-state index contributed by atoms with van der Waals surface area (Å²) in [5.74, 6) is -0.446. The maximum atomic E-state index is 12.6. The van der Waals surface area contributed by atoms with E-state index in [0.717, 1.165) is 0 Å². The molecule has 3 aromatic rings. The molecule has 9 heteroatoms. The van der Waals surface area contributed by atoms with Crippen molar-refractivity contribution < 1.29 is 13.2 Å². The van der Waals surface area contributed by atoms with Gasteiger partial charge in [-0.15, -0.1) is 0 Å². The lowest BCUT2D eigenvalue weighted by Gasteiger charge is -2.20. The fourth-order valence-electron chi connectivity index (χ4n) is 2.54. The summed E-state index contributed by atoms with van der Waals surface area (Å²) in [6.45, 7) is 5.27. The summed E-state index contributed by atoms with van der Waals surface area (Å²) >= 11 is 5.93. The monoisotopic (exact) mass is 406 g/mol. The van der Waals surface area contributed by atoms with E-state index in [2.05, 4.69) is 15.0 Å². The van der Waals surface area contributed by atoms with Crippen molar-refractivity contribution in [2.24, 2.45) is 0 Å². The lowest BCUT2D eigenvalue weighted by Crippen LogP contribution is -2.40. The molecule has 1 amide bonds. The third-order valence-electron chi connectivity index (χ3n) is 3.55. The van der Waals surface area contributed by atoms with Gasteiger partial charge in [-0.05, 0) is 51.1 Å². The Morgan fingerprint density at radius 1 is 1.19 bits per heavy atom. The molecule has 0 radical (unpaired) electrons. The molecule has 7 nitrogen and oxygen atoms in total. The average molecular weight is 407 g/mol. The summed E-state index contributed by atoms with van der Waals surface area (Å²) in [5.41, 5.74) is 0.545. The number of hydrogen-bond acceptors (Lipinski definition) is 4. The number of sulfonamides is 1. The molecular weight excluding hydrogens is 388 g/mol. The molecule has 2 aromatic heterocycles. The quantitative estimate of drug-likeness (QED) is 0.695. The molecule has 0 saturated heterocycles. The summed E-state index contributed by atoms with van der Waals surface area (Å²) in [7, 11) is -3.71. The molecule has 0 aliphatic carbocycles. The van der Waals surface area contributed by atoms with Crippen LogP contribution in [0.1, 0.15) is 31.3 Å². The number of aromatic nitrogens is 2. The van der Waals surface area contributed by atoms with Gasteiger partial charge in [0.25, 0.3) is 5.91 Å². The number of carbonyl (C=O) groups excluding carboxylic acids is 1. The van der Waals surface area contributed by atoms with Crippen LogP contribution in [0.25, 0.3) is 5.52 Å². The molecule has 0 atom stereocenters. The molecule has 1 aromatic carbocycles. The van der Waals surface area contributed by atoms with Gasteiger partial charge in [-0.3, -0.25) is 4.79 Å². The molecule has 0 spiro atoms. The highest BCUT2D eigenvalue weighted by molar-refractivity contribution is 7.89. The molecular formula is C18H19ClN4O3S. The number of rotatable bonds is 4. The van der Waals surface area contributed by atoms with Crippen molar-refractivity contribution in [3.63, 3.8) is 0 Å². The average Bonchev–Trinajstić information content (AvgIpc) is 2.96. The highest BCUT2D eigenvalue weighted by Gasteiger charge is 2.22. The standard InChI is InChI=1S/C18H19ClN4O3S/c1-18(2,3)22-27(25,26)14-6-4-5-13(9-14)21-17(24)16-15-8-7-12(19)10-23(15)11-20-16/h4-11,22H,1-3H3,(H,21,24). The molecule has 0 saturated carbocycles. The second-order valence-corrected chi connectivity index (χ2v) is 9.19. The predicted molar refractivity (Wildman–Crippen MR) is 105 cm³/mol. The van der Waals surface area contributed by atoms with E-state index in [9.17, 15) is 13.2 Å². The summed E-state index contributed by atoms with van der Waals surface area (Å²) in [6, 6.07) is 9.42. The maximum Gasteiger partial charge on any atom is 0.276 e. The minimum atomic E-state index is -3.71. The molecule has 2 heterocycles. The second-order valence-electron chi connectivity index (χ2n) is 7.07. The zero-order chi connectivity index (χ0) is 19.8. The van der Waals surface area contributed by atoms with Crippen LogP contribution in [0.3, 0.4) is 0 Å². The number of nitrogens with one attached hydrogen (secondary N) is 2. The number of anilines is 1. The van der Waals surface area contributed by atoms with Crippen molar-refractivity contribution in [2.75, 3.05) is 5.32 Å². The lowest BCUT2D eigenvalue weighted by molar-refractivity contribution is 0.102. The van der Waals surface area contributed by atoms with E-state index in [1.54, 1.807) is 55.6 Å². The molecule has 0 bridgehead atoms. The first-order chi connectivity index (χ1) is 12.5. The van der Waals surface area contributed by atoms with E-state index in [1.807, 2.05) is 0 Å². The SMILES string of the molecule is CC(C)(C)NS(=O)(=O)c1cccc(NC(=O)c2ncn3cc(Cl)ccc23)c1. The molecule has 3 rings (SSSR count). The number of imidazole rings is 1. The van der Waals surface area contributed by atoms with Crippen molar-refractivity contribution in [3.05, 3.63) is 59.6 Å². The third-order valence-corrected chi connectivity index (χ3v) is 5.53. The number of fused-ring (bicyclic) bond motifs is 1. The topological polar surface area (TPSA) is 92.6 Å². The van der Waals surface area contributed by atoms with E-state index in [-0.39, 0.29) is 10.6 Å². The van der Waals surface area contributed by atoms with E-state index < -0.39 is 21.5 Å². The molecule has 142 valence electrons. The fourth-order valence-corrected chi connectivity index (χ4v) is 4.17. The van der Waals surface area contributed by atoms with Crippen LogP contribution in [0.15, 0.2) is 53.8 Å². The van der Waals surface area contributed by atoms with Crippen molar-refractivity contribution in [1.29, 1.82) is 0 Å². The van der Waals surface area contributed by atoms with E-state index in [0.29, 0.717) is 16.2 Å². The third kappa shape index (κ3) is 4.47. The number of halogens is 1. The van der Waals surface area contributed by atoms with Gasteiger partial charge in [0.2, 0.25) is 10.0 Å². The Kier molecular flexibility index (Phi) is 4.98. The Hall–Kier alpha value is -2.42. The van der Waals surface area contributed by atoms with Crippen LogP contribution in [0, 0.1) is 0 Å². The second kappa shape index (κ2) is 6.95. The van der Waals surface area contributed by atoms with Gasteiger partial charge in [0.1, 0.15) is 6.33 Å². The van der Waals surface area contributed by atoms with Crippen LogP contribution in [0.4, 0.5) is 5.69 Å². The van der Waals surface area contributed by atoms with Crippen molar-refractivity contribution >= 4 is 38.7 Å². The Morgan fingerprint density at radius 3 is 2.63 bits per heavy atom. The summed E-state index contributed by atoms with van der Waals surface area (Å²) in [5, 5.41) is 3.21. The van der Waals surface area contributed by atoms with Gasteiger partial charge in [-0.1, -0.05) is 17.7 Å². The lowest BCUT2D eigenvalue weighted by atomic mass is 10.1. The molecule has 27 heavy (non-hydrogen) atoms. The molecule has 0 fully saturated rings. The zero-order valence-corrected chi connectivity index (χ0v) is 16.6. The van der Waals surface area contributed by atoms with E-state index in [1.165, 1.54) is 18.5 Å². The summed E-state index contributed by atoms with van der Waals surface area (Å²) < 4.78 is 29.2. The highest BCUT2D eigenvalue weighted by atomic mass is 35.5. The number of pyridine rings is 1. The Bertz CT molecular complexity index is 1120. The summed E-state index contributed by atoms with van der Waals surface area (Å²) in [4.78, 5) is 16.8. The number of nitrogens with zero attached hydrogens (tertiary/aromatic N) is 2. The summed E-state index contributed by atoms with van der Waals surface area (Å²) in [6.07, 6.45) is 3.14. The molecule has 0 unspecified atom stereocenters. The van der Waals surface area contributed by atoms with Gasteiger partial charge in [0.15, 0.2) is 5.69 Å². The first kappa shape index (κ1) is 19.3. The number of carbonyl (C=O) groups is 1. The number of hydrogen-bond donors (Lipinski definition) is 2. The normalized spacial score (nSPS) is 12.3. The van der Waals surface area contributed by atoms with E-state index >= 15 is 0 Å². The fraction of sp³-hybridized carbons (Fsp3) is 0.222. The van der Waals surface area contributed by atoms with Crippen LogP contribution in [0.2, 0.25) is 5.02 Å². The predicted octanol–water partition coefficient (Wildman–Crippen LogP) is 3.32. The maximum absolute atomic E-state index is 12.6. The zero-order valence-electron chi connectivity index (χ0n) is 15.0. The van der Waals surface area contributed by atoms with Gasteiger partial charge in [-0.25, -0.2) is 18.1 Å². The minimum absolute atomic E-state index is 0.0664. The van der Waals surface area contributed by atoms with Crippen LogP contribution in [0.5, 0.6) is 0 Å². The smallest absolute Gasteiger partial charge is 0.276 e. The van der Waals surface area contributed by atoms with Gasteiger partial charge in [0.05, 0.1) is 15.4 Å². The van der Waals surface area contributed by atoms with E-state index in [4.69, 9.17) is 11.6 Å². The first-order valence-electron chi connectivity index (χ1n) is 8.13. The van der Waals surface area contributed by atoms with Crippen LogP contribution < -0.4 is 10.0 Å². The van der Waals surface area contributed by atoms with Crippen LogP contribution in [-0.4, -0.2) is 29.2 Å². The first-order valence-corrected chi connectivity index (χ1v) is 9.99. The van der Waals surface area contributed by atoms with Gasteiger partial charge < -0.3 is 9.72 Å². The van der Waals surface area contributed by atoms with Crippen LogP contribution >= 0.6 is 11.6 Å². The van der Waals surface area contributed by atoms with Crippen molar-refractivity contribution in [2.45, 2.75) is 31.2 Å². The molecule has 2 N–H and O–H groups in total. The Morgan fingerprint density at radius 2 is 1.93 bits per heavy atom. The molecule has 0 aliphatic heterocycles. The van der Waals surface area contributed by atoms with Gasteiger partial charge >= 0.3 is 0 Å². The molecule has 0 aliphatic rings. The van der Waals surface area contributed by atoms with Gasteiger partial charge in [-0.2, -0.15) is 0 Å². The number of benzene rings is 1. The minimum Gasteiger partial charge on any atom is -0.321 e. The largest absolute Gasteiger partial charge is 0.321 e. The van der Waals surface area contributed by atoms with Crippen molar-refractivity contribution in [3.8, 4) is 0 Å². The number of amides is 1. The van der Waals surface area contributed by atoms with Crippen LogP contribution in [-0.2, 0) is 10.0 Å². The van der Waals surface area contributed by atoms with Crippen molar-refractivity contribution in [1.82, 2.24) is 14.1 Å².